The minimum Gasteiger partial charge on any atom is -0.478 e. The Kier molecular flexibility index (Phi) is 24.4. The van der Waals surface area contributed by atoms with Crippen LogP contribution < -0.4 is 0 Å². The quantitative estimate of drug-likeness (QED) is 0.0621. The van der Waals surface area contributed by atoms with Gasteiger partial charge < -0.3 is 53.5 Å². The Morgan fingerprint density at radius 1 is 0.301 bits per heavy atom. The van der Waals surface area contributed by atoms with E-state index >= 15 is 0 Å². The molecule has 618 valence electrons. The van der Waals surface area contributed by atoms with Crippen LogP contribution in [0.2, 0.25) is 5.02 Å². The highest BCUT2D eigenvalue weighted by Gasteiger charge is 2.35. The van der Waals surface area contributed by atoms with E-state index in [1.54, 1.807) is 140 Å². The van der Waals surface area contributed by atoms with Crippen LogP contribution in [0.4, 0.5) is 48.3 Å². The zero-order chi connectivity index (χ0) is 87.9. The van der Waals surface area contributed by atoms with E-state index in [1.165, 1.54) is 114 Å². The number of carboxylic acid groups (broad SMARTS) is 6. The zero-order valence-electron chi connectivity index (χ0n) is 62.8. The molecular weight excluding hydrogens is 1640 g/mol. The lowest BCUT2D eigenvalue weighted by molar-refractivity contribution is -0.138. The molecule has 0 atom stereocenters. The monoisotopic (exact) mass is 1700 g/mol. The fraction of sp³-hybridized carbons (Fsp3) is 0.0330. The molecule has 7 heterocycles. The van der Waals surface area contributed by atoms with Gasteiger partial charge in [-0.25, -0.2) is 47.2 Å². The molecule has 0 saturated heterocycles. The van der Waals surface area contributed by atoms with Crippen LogP contribution in [0.3, 0.4) is 0 Å². The van der Waals surface area contributed by atoms with Crippen LogP contribution in [-0.4, -0.2) is 104 Å². The first-order valence-electron chi connectivity index (χ1n) is 36.1. The third-order valence-electron chi connectivity index (χ3n) is 19.0. The molecule has 0 saturated carbocycles. The highest BCUT2D eigenvalue weighted by atomic mass is 35.5. The van der Waals surface area contributed by atoms with Crippen molar-refractivity contribution < 1.29 is 108 Å². The molecule has 0 spiro atoms. The van der Waals surface area contributed by atoms with Crippen molar-refractivity contribution in [2.45, 2.75) is 18.5 Å². The Labute approximate surface area is 690 Å². The number of pyridine rings is 1. The van der Waals surface area contributed by atoms with Crippen molar-refractivity contribution >= 4 is 113 Å². The number of hydrogen-bond acceptors (Lipinski definition) is 8. The van der Waals surface area contributed by atoms with Gasteiger partial charge in [0.15, 0.2) is 0 Å². The van der Waals surface area contributed by atoms with Crippen LogP contribution in [-0.2, 0) is 18.5 Å². The van der Waals surface area contributed by atoms with Gasteiger partial charge in [0.2, 0.25) is 0 Å². The molecule has 18 aromatic rings. The van der Waals surface area contributed by atoms with E-state index in [2.05, 4.69) is 10.1 Å². The molecular formula is C91H58ClF11N8O12. The summed E-state index contributed by atoms with van der Waals surface area (Å²) in [5.41, 5.74) is 5.37. The molecule has 0 amide bonds. The van der Waals surface area contributed by atoms with Gasteiger partial charge in [-0.1, -0.05) is 48.0 Å². The topological polar surface area (TPSA) is 279 Å². The van der Waals surface area contributed by atoms with Crippen LogP contribution in [0.15, 0.2) is 316 Å². The molecule has 11 aromatic carbocycles. The van der Waals surface area contributed by atoms with Crippen molar-refractivity contribution in [3.8, 4) is 34.3 Å². The summed E-state index contributed by atoms with van der Waals surface area (Å²) in [6.07, 6.45) is -1.70. The second kappa shape index (κ2) is 35.3. The van der Waals surface area contributed by atoms with Gasteiger partial charge in [-0.15, -0.1) is 0 Å². The fourth-order valence-electron chi connectivity index (χ4n) is 13.1. The molecule has 6 N–H and O–H groups in total. The van der Waals surface area contributed by atoms with Crippen LogP contribution in [0.5, 0.6) is 0 Å². The van der Waals surface area contributed by atoms with Gasteiger partial charge in [-0.2, -0.15) is 44.6 Å². The Morgan fingerprint density at radius 3 is 1.12 bits per heavy atom. The largest absolute Gasteiger partial charge is 0.478 e. The van der Waals surface area contributed by atoms with E-state index in [9.17, 15) is 77.1 Å². The number of nitrogens with zero attached hydrogens (tertiary/aromatic N) is 8. The SMILES string of the molecule is O=C(O)c1ccc2c(ccn2-c2ccc(C(F)(F)F)cc2)c1.O=C(O)c1ccc2c(ccn2-c2ccc(Cl)cn2)c1.O=C(O)c1ccc2c(ccn2-c2ccc(F)cc2F)c1.O=C(O)c1ccc2c(ccn2-c2cccc(C(F)(F)F)c2)c1.O=C(O)c1ccc2c(ccn2-c2ccccc2C(F)(F)F)c1.O=C(O)c1ccc2c(cnn2-c2ccccc2)c1. The summed E-state index contributed by atoms with van der Waals surface area (Å²) in [5, 5.41) is 62.9. The first-order chi connectivity index (χ1) is 58.6. The van der Waals surface area contributed by atoms with Gasteiger partial charge in [0.05, 0.1) is 111 Å². The number of carboxylic acids is 6. The minimum absolute atomic E-state index is 0.00748. The van der Waals surface area contributed by atoms with E-state index in [4.69, 9.17) is 42.2 Å². The number of carbonyl (C=O) groups is 6. The van der Waals surface area contributed by atoms with Gasteiger partial charge in [0, 0.05) is 86.9 Å². The van der Waals surface area contributed by atoms with Crippen molar-refractivity contribution in [2.75, 3.05) is 0 Å². The van der Waals surface area contributed by atoms with Crippen molar-refractivity contribution in [2.24, 2.45) is 0 Å². The van der Waals surface area contributed by atoms with Gasteiger partial charge in [0.1, 0.15) is 17.5 Å². The second-order valence-corrected chi connectivity index (χ2v) is 27.3. The van der Waals surface area contributed by atoms with Crippen LogP contribution in [0.1, 0.15) is 78.8 Å². The Hall–Kier alpha value is -15.9. The zero-order valence-corrected chi connectivity index (χ0v) is 63.5. The fourth-order valence-corrected chi connectivity index (χ4v) is 13.3. The number of para-hydroxylation sites is 2. The van der Waals surface area contributed by atoms with E-state index < -0.39 is 82.7 Å². The molecule has 7 aromatic heterocycles. The summed E-state index contributed by atoms with van der Waals surface area (Å²) >= 11 is 5.81. The normalized spacial score (nSPS) is 11.3. The second-order valence-electron chi connectivity index (χ2n) is 26.8. The van der Waals surface area contributed by atoms with Crippen molar-refractivity contribution in [1.82, 2.24) is 37.6 Å². The maximum atomic E-state index is 13.8. The van der Waals surface area contributed by atoms with Crippen LogP contribution in [0, 0.1) is 11.6 Å². The van der Waals surface area contributed by atoms with Gasteiger partial charge in [-0.05, 0) is 231 Å². The maximum absolute atomic E-state index is 13.8. The number of benzene rings is 11. The summed E-state index contributed by atoms with van der Waals surface area (Å²) in [6, 6.07) is 68.2. The number of alkyl halides is 9. The first-order valence-corrected chi connectivity index (χ1v) is 36.5. The number of rotatable bonds is 12. The molecule has 20 nitrogen and oxygen atoms in total. The summed E-state index contributed by atoms with van der Waals surface area (Å²) in [4.78, 5) is 69.8. The Balaban J connectivity index is 0.000000127. The molecule has 123 heavy (non-hydrogen) atoms. The lowest BCUT2D eigenvalue weighted by Crippen LogP contribution is -2.10. The maximum Gasteiger partial charge on any atom is 0.418 e. The Bertz CT molecular complexity index is 7050. The van der Waals surface area contributed by atoms with E-state index in [-0.39, 0.29) is 44.8 Å². The molecule has 0 bridgehead atoms. The smallest absolute Gasteiger partial charge is 0.418 e. The number of hydrogen-bond donors (Lipinski definition) is 6. The number of halogens is 12. The third kappa shape index (κ3) is 19.3. The molecule has 0 aliphatic carbocycles. The molecule has 32 heteroatoms. The Morgan fingerprint density at radius 2 is 0.691 bits per heavy atom. The lowest BCUT2D eigenvalue weighted by atomic mass is 10.1. The van der Waals surface area contributed by atoms with Crippen molar-refractivity contribution in [3.05, 3.63) is 383 Å². The van der Waals surface area contributed by atoms with Crippen LogP contribution in [0.25, 0.3) is 99.7 Å². The van der Waals surface area contributed by atoms with Crippen LogP contribution >= 0.6 is 11.6 Å². The average molecular weight is 1700 g/mol. The number of aromatic nitrogens is 8. The molecule has 0 fully saturated rings. The summed E-state index contributed by atoms with van der Waals surface area (Å²) < 4.78 is 152. The first kappa shape index (κ1) is 85.0. The van der Waals surface area contributed by atoms with Gasteiger partial charge >= 0.3 is 54.3 Å². The molecule has 0 aliphatic rings. The average Bonchev–Trinajstić information content (AvgIpc) is 1.69. The molecule has 0 radical (unpaired) electrons. The van der Waals surface area contributed by atoms with Gasteiger partial charge in [0.25, 0.3) is 0 Å². The molecule has 18 rings (SSSR count). The summed E-state index contributed by atoms with van der Waals surface area (Å²) in [7, 11) is 0. The lowest BCUT2D eigenvalue weighted by Gasteiger charge is -2.14. The minimum atomic E-state index is -4.46. The standard InChI is InChI=1S/3C16H10F3NO2.C15H9F2NO2.C14H9ClN2O2.C14H10N2O2/c17-16(18,19)12-2-4-13(5-3-12)20-8-7-10-9-11(15(21)22)1-6-14(10)20;17-16(18,19)12-2-1-3-13(9-12)20-7-6-10-8-11(15(21)22)4-5-14(10)20;17-16(18,19)12-3-1-2-4-14(12)20-8-7-10-9-11(15(21)22)5-6-13(10)20;16-11-2-4-14(12(17)8-11)18-6-5-9-7-10(15(19)20)1-3-13(9)18;15-11-2-4-13(16-8-11)17-6-5-9-7-10(14(18)19)1-3-12(9)17;17-14(18)10-6-7-13-11(8-10)9-15-16(13)12-4-2-1-3-5-12/h3*1-9H,(H,21,22);1-8H,(H,19,20);1-8H,(H,18,19);1-9H,(H,17,18). The summed E-state index contributed by atoms with van der Waals surface area (Å²) in [6.45, 7) is 0. The predicted octanol–water partition coefficient (Wildman–Crippen LogP) is 22.8. The number of fused-ring (bicyclic) bond motifs is 6. The van der Waals surface area contributed by atoms with E-state index in [1.807, 2.05) is 53.2 Å². The molecule has 0 unspecified atom stereocenters. The predicted molar refractivity (Wildman–Crippen MR) is 437 cm³/mol. The summed E-state index contributed by atoms with van der Waals surface area (Å²) in [5.74, 6) is -6.61. The number of aromatic carboxylic acids is 6. The third-order valence-corrected chi connectivity index (χ3v) is 19.2. The highest BCUT2D eigenvalue weighted by molar-refractivity contribution is 6.30. The van der Waals surface area contributed by atoms with Crippen molar-refractivity contribution in [1.29, 1.82) is 0 Å². The van der Waals surface area contributed by atoms with E-state index in [0.717, 1.165) is 75.2 Å². The van der Waals surface area contributed by atoms with Crippen molar-refractivity contribution in [3.63, 3.8) is 0 Å². The van der Waals surface area contributed by atoms with E-state index in [0.29, 0.717) is 54.5 Å². The molecule has 0 aliphatic heterocycles. The van der Waals surface area contributed by atoms with Gasteiger partial charge in [-0.3, -0.25) is 0 Å². The highest BCUT2D eigenvalue weighted by Crippen LogP contribution is 2.38.